The fourth-order valence-corrected chi connectivity index (χ4v) is 2.36. The summed E-state index contributed by atoms with van der Waals surface area (Å²) < 4.78 is 5.55. The summed E-state index contributed by atoms with van der Waals surface area (Å²) in [7, 11) is 0. The van der Waals surface area contributed by atoms with E-state index in [1.54, 1.807) is 0 Å². The number of hydrogen-bond acceptors (Lipinski definition) is 3. The molecule has 0 fully saturated rings. The molecule has 2 nitrogen and oxygen atoms in total. The van der Waals surface area contributed by atoms with E-state index in [4.69, 9.17) is 10.2 Å². The van der Waals surface area contributed by atoms with Crippen LogP contribution in [0.1, 0.15) is 25.0 Å². The number of fused-ring (bicyclic) bond motifs is 1. The molecule has 2 aromatic rings. The van der Waals surface area contributed by atoms with E-state index >= 15 is 0 Å². The average molecular weight is 235 g/mol. The van der Waals surface area contributed by atoms with Crippen molar-refractivity contribution in [2.45, 2.75) is 31.4 Å². The van der Waals surface area contributed by atoms with Gasteiger partial charge in [-0.05, 0) is 16.9 Å². The first-order chi connectivity index (χ1) is 7.70. The molecule has 0 aliphatic carbocycles. The minimum Gasteiger partial charge on any atom is -0.464 e. The van der Waals surface area contributed by atoms with Crippen molar-refractivity contribution >= 4 is 22.7 Å². The number of hydrogen-bond donors (Lipinski definition) is 1. The summed E-state index contributed by atoms with van der Waals surface area (Å²) in [6.45, 7) is 4.98. The number of thioether (sulfide) groups is 1. The van der Waals surface area contributed by atoms with E-state index in [9.17, 15) is 0 Å². The van der Waals surface area contributed by atoms with Crippen LogP contribution in [-0.2, 0) is 12.3 Å². The van der Waals surface area contributed by atoms with Gasteiger partial charge < -0.3 is 10.2 Å². The van der Waals surface area contributed by atoms with Gasteiger partial charge in [0.1, 0.15) is 5.58 Å². The topological polar surface area (TPSA) is 39.2 Å². The van der Waals surface area contributed by atoms with Crippen LogP contribution in [0, 0.1) is 0 Å². The normalized spacial score (nSPS) is 11.5. The molecule has 0 radical (unpaired) electrons. The van der Waals surface area contributed by atoms with Crippen molar-refractivity contribution in [1.82, 2.24) is 0 Å². The Bertz CT molecular complexity index is 476. The van der Waals surface area contributed by atoms with Crippen molar-refractivity contribution in [2.24, 2.45) is 5.73 Å². The number of nitrogens with two attached hydrogens (primary N) is 1. The smallest absolute Gasteiger partial charge is 0.134 e. The lowest BCUT2D eigenvalue weighted by atomic mass is 10.1. The van der Waals surface area contributed by atoms with Crippen molar-refractivity contribution in [2.75, 3.05) is 0 Å². The molecular formula is C13H17NOS. The standard InChI is InChI=1S/C13H17NOS/c1-9(2)16-8-11-7-15-13-5-10(6-14)3-4-12(11)13/h3-5,7,9H,6,8,14H2,1-2H3. The summed E-state index contributed by atoms with van der Waals surface area (Å²) in [4.78, 5) is 0. The Hall–Kier alpha value is -0.930. The molecule has 86 valence electrons. The Morgan fingerprint density at radius 3 is 2.88 bits per heavy atom. The van der Waals surface area contributed by atoms with Gasteiger partial charge in [-0.3, -0.25) is 0 Å². The molecule has 0 aliphatic rings. The third kappa shape index (κ3) is 2.42. The molecule has 0 bridgehead atoms. The zero-order valence-electron chi connectivity index (χ0n) is 9.69. The Morgan fingerprint density at radius 1 is 1.38 bits per heavy atom. The van der Waals surface area contributed by atoms with E-state index in [0.717, 1.165) is 16.9 Å². The Labute approximate surface area is 100 Å². The summed E-state index contributed by atoms with van der Waals surface area (Å²) in [6, 6.07) is 6.21. The van der Waals surface area contributed by atoms with Gasteiger partial charge in [0.05, 0.1) is 6.26 Å². The molecule has 0 aliphatic heterocycles. The second kappa shape index (κ2) is 4.93. The molecule has 3 heteroatoms. The molecule has 0 saturated heterocycles. The quantitative estimate of drug-likeness (QED) is 0.881. The summed E-state index contributed by atoms with van der Waals surface area (Å²) in [5, 5.41) is 1.86. The van der Waals surface area contributed by atoms with Crippen LogP contribution in [0.5, 0.6) is 0 Å². The molecule has 0 spiro atoms. The fourth-order valence-electron chi connectivity index (χ4n) is 1.62. The SMILES string of the molecule is CC(C)SCc1coc2cc(CN)ccc12. The number of furan rings is 1. The molecule has 16 heavy (non-hydrogen) atoms. The predicted molar refractivity (Wildman–Crippen MR) is 70.5 cm³/mol. The lowest BCUT2D eigenvalue weighted by Gasteiger charge is -2.02. The third-order valence-corrected chi connectivity index (χ3v) is 3.67. The molecule has 2 rings (SSSR count). The Kier molecular flexibility index (Phi) is 3.56. The van der Waals surface area contributed by atoms with Gasteiger partial charge in [-0.15, -0.1) is 0 Å². The molecule has 1 heterocycles. The maximum atomic E-state index is 5.60. The van der Waals surface area contributed by atoms with E-state index in [1.165, 1.54) is 10.9 Å². The molecule has 1 aromatic heterocycles. The molecule has 0 saturated carbocycles. The van der Waals surface area contributed by atoms with E-state index in [2.05, 4.69) is 26.0 Å². The molecule has 0 unspecified atom stereocenters. The maximum Gasteiger partial charge on any atom is 0.134 e. The van der Waals surface area contributed by atoms with Crippen molar-refractivity contribution in [3.63, 3.8) is 0 Å². The van der Waals surface area contributed by atoms with Crippen LogP contribution in [0.4, 0.5) is 0 Å². The van der Waals surface area contributed by atoms with E-state index in [1.807, 2.05) is 24.1 Å². The third-order valence-electron chi connectivity index (χ3n) is 2.53. The first-order valence-electron chi connectivity index (χ1n) is 5.51. The van der Waals surface area contributed by atoms with Gasteiger partial charge in [-0.1, -0.05) is 26.0 Å². The molecule has 1 aromatic carbocycles. The van der Waals surface area contributed by atoms with E-state index in [-0.39, 0.29) is 0 Å². The van der Waals surface area contributed by atoms with Crippen LogP contribution in [0.25, 0.3) is 11.0 Å². The fraction of sp³-hybridized carbons (Fsp3) is 0.385. The highest BCUT2D eigenvalue weighted by molar-refractivity contribution is 7.99. The zero-order chi connectivity index (χ0) is 11.5. The van der Waals surface area contributed by atoms with E-state index in [0.29, 0.717) is 11.8 Å². The summed E-state index contributed by atoms with van der Waals surface area (Å²) in [5.74, 6) is 1.01. The lowest BCUT2D eigenvalue weighted by Crippen LogP contribution is -1.95. The largest absolute Gasteiger partial charge is 0.464 e. The van der Waals surface area contributed by atoms with Crippen molar-refractivity contribution < 1.29 is 4.42 Å². The van der Waals surface area contributed by atoms with Crippen LogP contribution >= 0.6 is 11.8 Å². The van der Waals surface area contributed by atoms with Gasteiger partial charge in [-0.2, -0.15) is 11.8 Å². The van der Waals surface area contributed by atoms with Gasteiger partial charge >= 0.3 is 0 Å². The summed E-state index contributed by atoms with van der Waals surface area (Å²) in [5.41, 5.74) is 8.94. The second-order valence-electron chi connectivity index (χ2n) is 4.16. The van der Waals surface area contributed by atoms with Crippen LogP contribution in [-0.4, -0.2) is 5.25 Å². The minimum absolute atomic E-state index is 0.562. The first-order valence-corrected chi connectivity index (χ1v) is 6.56. The summed E-state index contributed by atoms with van der Waals surface area (Å²) in [6.07, 6.45) is 1.86. The Balaban J connectivity index is 2.27. The lowest BCUT2D eigenvalue weighted by molar-refractivity contribution is 0.612. The van der Waals surface area contributed by atoms with Gasteiger partial charge in [0.2, 0.25) is 0 Å². The molecule has 2 N–H and O–H groups in total. The molecule has 0 atom stereocenters. The number of benzene rings is 1. The minimum atomic E-state index is 0.562. The highest BCUT2D eigenvalue weighted by Gasteiger charge is 2.07. The van der Waals surface area contributed by atoms with Gasteiger partial charge in [0.25, 0.3) is 0 Å². The van der Waals surface area contributed by atoms with Crippen LogP contribution in [0.2, 0.25) is 0 Å². The van der Waals surface area contributed by atoms with Crippen molar-refractivity contribution in [3.8, 4) is 0 Å². The van der Waals surface area contributed by atoms with Crippen molar-refractivity contribution in [1.29, 1.82) is 0 Å². The number of rotatable bonds is 4. The van der Waals surface area contributed by atoms with Crippen LogP contribution < -0.4 is 5.73 Å². The van der Waals surface area contributed by atoms with Crippen molar-refractivity contribution in [3.05, 3.63) is 35.6 Å². The highest BCUT2D eigenvalue weighted by atomic mass is 32.2. The van der Waals surface area contributed by atoms with Gasteiger partial charge in [-0.25, -0.2) is 0 Å². The molecule has 0 amide bonds. The average Bonchev–Trinajstić information content (AvgIpc) is 2.68. The zero-order valence-corrected chi connectivity index (χ0v) is 10.5. The predicted octanol–water partition coefficient (Wildman–Crippen LogP) is 3.53. The summed E-state index contributed by atoms with van der Waals surface area (Å²) >= 11 is 1.93. The van der Waals surface area contributed by atoms with E-state index < -0.39 is 0 Å². The monoisotopic (exact) mass is 235 g/mol. The second-order valence-corrected chi connectivity index (χ2v) is 5.72. The first kappa shape index (κ1) is 11.6. The van der Waals surface area contributed by atoms with Gasteiger partial charge in [0.15, 0.2) is 0 Å². The van der Waals surface area contributed by atoms with Crippen LogP contribution in [0.3, 0.4) is 0 Å². The van der Waals surface area contributed by atoms with Gasteiger partial charge in [0, 0.05) is 23.2 Å². The molecular weight excluding hydrogens is 218 g/mol. The maximum absolute atomic E-state index is 5.60. The Morgan fingerprint density at radius 2 is 2.19 bits per heavy atom. The highest BCUT2D eigenvalue weighted by Crippen LogP contribution is 2.27. The van der Waals surface area contributed by atoms with Crippen LogP contribution in [0.15, 0.2) is 28.9 Å².